The molecular weight excluding hydrogens is 370 g/mol. The Morgan fingerprint density at radius 3 is 2.50 bits per heavy atom. The Kier molecular flexibility index (Phi) is 8.97. The summed E-state index contributed by atoms with van der Waals surface area (Å²) in [5, 5.41) is 9.58. The van der Waals surface area contributed by atoms with Crippen LogP contribution in [0.25, 0.3) is 0 Å². The highest BCUT2D eigenvalue weighted by Gasteiger charge is 2.07. The van der Waals surface area contributed by atoms with Gasteiger partial charge in [0.2, 0.25) is 0 Å². The van der Waals surface area contributed by atoms with E-state index in [1.54, 1.807) is 7.05 Å². The molecule has 2 aromatic rings. The van der Waals surface area contributed by atoms with Crippen molar-refractivity contribution in [3.63, 3.8) is 0 Å². The minimum Gasteiger partial charge on any atom is -0.352 e. The van der Waals surface area contributed by atoms with Crippen LogP contribution in [-0.4, -0.2) is 51.0 Å². The van der Waals surface area contributed by atoms with E-state index in [-0.39, 0.29) is 5.91 Å². The van der Waals surface area contributed by atoms with Gasteiger partial charge in [-0.3, -0.25) is 9.79 Å². The van der Waals surface area contributed by atoms with Gasteiger partial charge in [-0.1, -0.05) is 19.1 Å². The van der Waals surface area contributed by atoms with Gasteiger partial charge in [0.15, 0.2) is 5.96 Å². The third-order valence-electron chi connectivity index (χ3n) is 4.21. The monoisotopic (exact) mass is 401 g/mol. The van der Waals surface area contributed by atoms with Crippen LogP contribution in [0.4, 0.5) is 0 Å². The van der Waals surface area contributed by atoms with Gasteiger partial charge < -0.3 is 20.9 Å². The van der Waals surface area contributed by atoms with E-state index >= 15 is 0 Å². The van der Waals surface area contributed by atoms with Crippen LogP contribution in [0, 0.1) is 0 Å². The fourth-order valence-corrected chi connectivity index (χ4v) is 3.50. The molecule has 1 aromatic carbocycles. The first kappa shape index (κ1) is 21.9. The Bertz CT molecular complexity index is 785. The fraction of sp³-hybridized carbons (Fsp3) is 0.429. The Hall–Kier alpha value is -2.38. The van der Waals surface area contributed by atoms with Crippen molar-refractivity contribution in [1.82, 2.24) is 20.9 Å². The van der Waals surface area contributed by atoms with E-state index in [1.807, 2.05) is 54.6 Å². The Balaban J connectivity index is 1.84. The van der Waals surface area contributed by atoms with E-state index in [1.165, 1.54) is 9.75 Å². The summed E-state index contributed by atoms with van der Waals surface area (Å²) in [5.74, 6) is 0.697. The molecule has 1 heterocycles. The summed E-state index contributed by atoms with van der Waals surface area (Å²) in [5.41, 5.74) is 1.71. The first-order valence-electron chi connectivity index (χ1n) is 9.55. The van der Waals surface area contributed by atoms with Gasteiger partial charge in [0, 0.05) is 42.0 Å². The number of aliphatic imine (C=N–C) groups is 1. The quantitative estimate of drug-likeness (QED) is 0.446. The number of likely N-dealkylation sites (N-methyl/N-ethyl adjacent to an activating group) is 1. The van der Waals surface area contributed by atoms with E-state index in [0.717, 1.165) is 31.0 Å². The molecule has 6 nitrogen and oxygen atoms in total. The first-order chi connectivity index (χ1) is 13.5. The van der Waals surface area contributed by atoms with Crippen LogP contribution < -0.4 is 16.0 Å². The lowest BCUT2D eigenvalue weighted by atomic mass is 10.1. The molecule has 0 fully saturated rings. The first-order valence-corrected chi connectivity index (χ1v) is 10.4. The molecule has 0 aliphatic heterocycles. The van der Waals surface area contributed by atoms with E-state index in [0.29, 0.717) is 18.7 Å². The molecule has 28 heavy (non-hydrogen) atoms. The normalized spacial score (nSPS) is 11.5. The Labute approximate surface area is 172 Å². The minimum atomic E-state index is -0.0457. The number of nitrogens with one attached hydrogen (secondary N) is 3. The van der Waals surface area contributed by atoms with Crippen LogP contribution >= 0.6 is 11.3 Å². The van der Waals surface area contributed by atoms with Gasteiger partial charge in [-0.2, -0.15) is 0 Å². The number of carbonyl (C=O) groups is 1. The number of benzene rings is 1. The molecule has 0 saturated carbocycles. The molecule has 0 aliphatic carbocycles. The summed E-state index contributed by atoms with van der Waals surface area (Å²) in [7, 11) is 5.73. The standard InChI is InChI=1S/C21H31N5OS/c1-5-18-9-10-19(28-18)15-25-21(22-2)24-14-16-7-6-8-17(13-16)20(27)23-11-12-26(3)4/h6-10,13H,5,11-12,14-15H2,1-4H3,(H,23,27)(H2,22,24,25). The van der Waals surface area contributed by atoms with Gasteiger partial charge in [-0.05, 0) is 50.3 Å². The molecule has 7 heteroatoms. The van der Waals surface area contributed by atoms with Crippen LogP contribution in [0.15, 0.2) is 41.4 Å². The molecular formula is C21H31N5OS. The highest BCUT2D eigenvalue weighted by atomic mass is 32.1. The average Bonchev–Trinajstić information content (AvgIpc) is 3.16. The third kappa shape index (κ3) is 7.32. The topological polar surface area (TPSA) is 68.8 Å². The number of carbonyl (C=O) groups excluding carboxylic acids is 1. The van der Waals surface area contributed by atoms with Crippen LogP contribution in [0.3, 0.4) is 0 Å². The lowest BCUT2D eigenvalue weighted by Gasteiger charge is -2.13. The predicted octanol–water partition coefficient (Wildman–Crippen LogP) is 2.47. The van der Waals surface area contributed by atoms with Crippen molar-refractivity contribution >= 4 is 23.2 Å². The maximum absolute atomic E-state index is 12.3. The Morgan fingerprint density at radius 1 is 1.07 bits per heavy atom. The minimum absolute atomic E-state index is 0.0457. The number of thiophene rings is 1. The predicted molar refractivity (Wildman–Crippen MR) is 118 cm³/mol. The van der Waals surface area contributed by atoms with Crippen molar-refractivity contribution in [2.24, 2.45) is 4.99 Å². The van der Waals surface area contributed by atoms with Crippen molar-refractivity contribution in [2.45, 2.75) is 26.4 Å². The van der Waals surface area contributed by atoms with E-state index in [2.05, 4.69) is 40.0 Å². The third-order valence-corrected chi connectivity index (χ3v) is 5.44. The van der Waals surface area contributed by atoms with Gasteiger partial charge in [0.1, 0.15) is 0 Å². The molecule has 0 saturated heterocycles. The molecule has 2 rings (SSSR count). The zero-order chi connectivity index (χ0) is 20.4. The number of hydrogen-bond donors (Lipinski definition) is 3. The molecule has 0 radical (unpaired) electrons. The van der Waals surface area contributed by atoms with E-state index in [4.69, 9.17) is 0 Å². The molecule has 0 bridgehead atoms. The highest BCUT2D eigenvalue weighted by Crippen LogP contribution is 2.16. The summed E-state index contributed by atoms with van der Waals surface area (Å²) in [6, 6.07) is 12.0. The summed E-state index contributed by atoms with van der Waals surface area (Å²) in [6.07, 6.45) is 1.07. The van der Waals surface area contributed by atoms with Gasteiger partial charge in [-0.15, -0.1) is 11.3 Å². The summed E-state index contributed by atoms with van der Waals surface area (Å²) >= 11 is 1.82. The maximum atomic E-state index is 12.3. The molecule has 3 N–H and O–H groups in total. The molecule has 0 spiro atoms. The van der Waals surface area contributed by atoms with Crippen LogP contribution in [-0.2, 0) is 19.5 Å². The zero-order valence-corrected chi connectivity index (χ0v) is 18.0. The zero-order valence-electron chi connectivity index (χ0n) is 17.2. The van der Waals surface area contributed by atoms with Crippen molar-refractivity contribution < 1.29 is 4.79 Å². The van der Waals surface area contributed by atoms with Crippen molar-refractivity contribution in [3.8, 4) is 0 Å². The second-order valence-corrected chi connectivity index (χ2v) is 8.01. The second-order valence-electron chi connectivity index (χ2n) is 6.76. The van der Waals surface area contributed by atoms with Gasteiger partial charge >= 0.3 is 0 Å². The average molecular weight is 402 g/mol. The van der Waals surface area contributed by atoms with E-state index in [9.17, 15) is 4.79 Å². The molecule has 1 aromatic heterocycles. The fourth-order valence-electron chi connectivity index (χ4n) is 2.60. The van der Waals surface area contributed by atoms with Crippen LogP contribution in [0.5, 0.6) is 0 Å². The van der Waals surface area contributed by atoms with Gasteiger partial charge in [0.05, 0.1) is 6.54 Å². The SMILES string of the molecule is CCc1ccc(CNC(=NC)NCc2cccc(C(=O)NCCN(C)C)c2)s1. The van der Waals surface area contributed by atoms with E-state index < -0.39 is 0 Å². The summed E-state index contributed by atoms with van der Waals surface area (Å²) in [6.45, 7) is 4.97. The molecule has 152 valence electrons. The maximum Gasteiger partial charge on any atom is 0.251 e. The van der Waals surface area contributed by atoms with Gasteiger partial charge in [0.25, 0.3) is 5.91 Å². The number of hydrogen-bond acceptors (Lipinski definition) is 4. The molecule has 1 amide bonds. The van der Waals surface area contributed by atoms with Crippen molar-refractivity contribution in [3.05, 3.63) is 57.3 Å². The smallest absolute Gasteiger partial charge is 0.251 e. The molecule has 0 aliphatic rings. The molecule has 0 atom stereocenters. The highest BCUT2D eigenvalue weighted by molar-refractivity contribution is 7.11. The summed E-state index contributed by atoms with van der Waals surface area (Å²) in [4.78, 5) is 21.3. The Morgan fingerprint density at radius 2 is 1.82 bits per heavy atom. The summed E-state index contributed by atoms with van der Waals surface area (Å²) < 4.78 is 0. The number of rotatable bonds is 9. The van der Waals surface area contributed by atoms with Crippen LogP contribution in [0.1, 0.15) is 32.6 Å². The number of aryl methyl sites for hydroxylation is 1. The second kappa shape index (κ2) is 11.5. The lowest BCUT2D eigenvalue weighted by molar-refractivity contribution is 0.0951. The van der Waals surface area contributed by atoms with Crippen LogP contribution in [0.2, 0.25) is 0 Å². The number of amides is 1. The molecule has 0 unspecified atom stereocenters. The largest absolute Gasteiger partial charge is 0.352 e. The number of nitrogens with zero attached hydrogens (tertiary/aromatic N) is 2. The van der Waals surface area contributed by atoms with Gasteiger partial charge in [-0.25, -0.2) is 0 Å². The lowest BCUT2D eigenvalue weighted by Crippen LogP contribution is -2.36. The van der Waals surface area contributed by atoms with Crippen molar-refractivity contribution in [2.75, 3.05) is 34.2 Å². The number of guanidine groups is 1. The van der Waals surface area contributed by atoms with Crippen molar-refractivity contribution in [1.29, 1.82) is 0 Å².